The number of aromatic nitrogens is 2. The number of ether oxygens (including phenoxy) is 3. The van der Waals surface area contributed by atoms with Gasteiger partial charge in [0.2, 0.25) is 11.8 Å². The zero-order valence-corrected chi connectivity index (χ0v) is 17.8. The Morgan fingerprint density at radius 2 is 2.23 bits per heavy atom. The van der Waals surface area contributed by atoms with Crippen LogP contribution in [0.2, 0.25) is 0 Å². The number of allylic oxidation sites excluding steroid dienone is 1. The number of nitrogens with one attached hydrogen (secondary N) is 1. The van der Waals surface area contributed by atoms with Crippen molar-refractivity contribution in [3.8, 4) is 23.4 Å². The Morgan fingerprint density at radius 3 is 2.90 bits per heavy atom. The van der Waals surface area contributed by atoms with Crippen molar-refractivity contribution in [3.63, 3.8) is 0 Å². The van der Waals surface area contributed by atoms with Crippen molar-refractivity contribution in [1.29, 1.82) is 5.26 Å². The second-order valence-electron chi connectivity index (χ2n) is 6.87. The van der Waals surface area contributed by atoms with Crippen molar-refractivity contribution < 1.29 is 19.0 Å². The van der Waals surface area contributed by atoms with Crippen molar-refractivity contribution in [2.45, 2.75) is 25.7 Å². The van der Waals surface area contributed by atoms with Gasteiger partial charge in [-0.2, -0.15) is 5.26 Å². The number of rotatable bonds is 6. The van der Waals surface area contributed by atoms with Crippen LogP contribution in [0.25, 0.3) is 0 Å². The van der Waals surface area contributed by atoms with Gasteiger partial charge in [0, 0.05) is 11.3 Å². The molecule has 8 nitrogen and oxygen atoms in total. The summed E-state index contributed by atoms with van der Waals surface area (Å²) in [7, 11) is 1.49. The predicted octanol–water partition coefficient (Wildman–Crippen LogP) is 3.87. The molecule has 3 aromatic rings. The number of carbonyl (C=O) groups excluding carboxylic acids is 1. The first-order chi connectivity index (χ1) is 15.1. The highest BCUT2D eigenvalue weighted by atomic mass is 32.1. The Kier molecular flexibility index (Phi) is 5.64. The monoisotopic (exact) mass is 436 g/mol. The van der Waals surface area contributed by atoms with Gasteiger partial charge >= 0.3 is 5.97 Å². The molecule has 2 aromatic heterocycles. The van der Waals surface area contributed by atoms with Crippen LogP contribution in [0.1, 0.15) is 45.8 Å². The maximum absolute atomic E-state index is 12.4. The molecule has 3 heterocycles. The smallest absolute Gasteiger partial charge is 0.353 e. The molecule has 31 heavy (non-hydrogen) atoms. The van der Waals surface area contributed by atoms with Crippen molar-refractivity contribution >= 4 is 17.3 Å². The zero-order valence-electron chi connectivity index (χ0n) is 17.0. The number of carbonyl (C=O) groups is 1. The molecule has 0 bridgehead atoms. The van der Waals surface area contributed by atoms with Gasteiger partial charge in [0.25, 0.3) is 0 Å². The summed E-state index contributed by atoms with van der Waals surface area (Å²) in [6, 6.07) is 10.8. The first-order valence-electron chi connectivity index (χ1n) is 9.65. The van der Waals surface area contributed by atoms with Crippen LogP contribution in [0, 0.1) is 11.3 Å². The van der Waals surface area contributed by atoms with Crippen molar-refractivity contribution in [1.82, 2.24) is 10.2 Å². The average Bonchev–Trinajstić information content (AvgIpc) is 3.44. The molecule has 0 unspecified atom stereocenters. The molecule has 3 N–H and O–H groups in total. The third kappa shape index (κ3) is 3.73. The highest BCUT2D eigenvalue weighted by Crippen LogP contribution is 2.45. The van der Waals surface area contributed by atoms with E-state index in [0.717, 1.165) is 29.7 Å². The van der Waals surface area contributed by atoms with Crippen LogP contribution in [0.15, 0.2) is 47.2 Å². The van der Waals surface area contributed by atoms with Crippen LogP contribution >= 0.6 is 11.3 Å². The molecule has 0 aliphatic carbocycles. The topological polar surface area (TPSA) is 123 Å². The molecule has 1 aliphatic heterocycles. The summed E-state index contributed by atoms with van der Waals surface area (Å²) < 4.78 is 16.6. The van der Waals surface area contributed by atoms with E-state index in [2.05, 4.69) is 23.2 Å². The highest BCUT2D eigenvalue weighted by molar-refractivity contribution is 7.12. The molecule has 1 aromatic carbocycles. The summed E-state index contributed by atoms with van der Waals surface area (Å²) in [5, 5.41) is 18.8. The fraction of sp³-hybridized carbons (Fsp3) is 0.227. The molecule has 9 heteroatoms. The minimum atomic E-state index is -0.481. The number of methoxy groups -OCH3 is 1. The summed E-state index contributed by atoms with van der Waals surface area (Å²) in [6.07, 6.45) is 1.64. The van der Waals surface area contributed by atoms with E-state index in [4.69, 9.17) is 19.9 Å². The molecular formula is C22H20N4O4S. The molecule has 1 aliphatic rings. The Labute approximate surface area is 182 Å². The van der Waals surface area contributed by atoms with Crippen molar-refractivity contribution in [3.05, 3.63) is 68.9 Å². The molecule has 1 atom stereocenters. The number of hydrogen-bond donors (Lipinski definition) is 2. The number of hydrogen-bond acceptors (Lipinski definition) is 8. The van der Waals surface area contributed by atoms with E-state index in [1.54, 1.807) is 35.7 Å². The summed E-state index contributed by atoms with van der Waals surface area (Å²) in [4.78, 5) is 12.8. The maximum Gasteiger partial charge on any atom is 0.353 e. The number of esters is 1. The Morgan fingerprint density at radius 1 is 1.39 bits per heavy atom. The SMILES string of the molecule is CCCc1[nH]nc2c1[C@H](c1ccc(OC(=O)c3cccs3)c(OC)c1)C(C#N)=C(N)O2. The van der Waals surface area contributed by atoms with Gasteiger partial charge in [0.1, 0.15) is 16.5 Å². The minimum Gasteiger partial charge on any atom is -0.493 e. The van der Waals surface area contributed by atoms with Gasteiger partial charge in [-0.25, -0.2) is 4.79 Å². The van der Waals surface area contributed by atoms with E-state index in [1.165, 1.54) is 18.4 Å². The second-order valence-corrected chi connectivity index (χ2v) is 7.82. The van der Waals surface area contributed by atoms with E-state index < -0.39 is 11.9 Å². The van der Waals surface area contributed by atoms with Crippen LogP contribution in [0.5, 0.6) is 17.4 Å². The molecule has 158 valence electrons. The lowest BCUT2D eigenvalue weighted by Crippen LogP contribution is -2.21. The number of nitriles is 1. The number of aromatic amines is 1. The van der Waals surface area contributed by atoms with E-state index in [1.807, 2.05) is 0 Å². The van der Waals surface area contributed by atoms with Gasteiger partial charge < -0.3 is 19.9 Å². The number of thiophene rings is 1. The lowest BCUT2D eigenvalue weighted by Gasteiger charge is -2.24. The highest BCUT2D eigenvalue weighted by Gasteiger charge is 2.35. The first-order valence-corrected chi connectivity index (χ1v) is 10.5. The van der Waals surface area contributed by atoms with Gasteiger partial charge in [0.05, 0.1) is 13.0 Å². The largest absolute Gasteiger partial charge is 0.493 e. The minimum absolute atomic E-state index is 0.0155. The Balaban J connectivity index is 1.76. The van der Waals surface area contributed by atoms with Crippen molar-refractivity contribution in [2.75, 3.05) is 7.11 Å². The first kappa shape index (κ1) is 20.5. The van der Waals surface area contributed by atoms with E-state index in [0.29, 0.717) is 16.5 Å². The Bertz CT molecular complexity index is 1190. The summed E-state index contributed by atoms with van der Waals surface area (Å²) in [5.41, 5.74) is 8.71. The standard InChI is InChI=1S/C22H20N4O4S/c1-3-5-14-19-18(13(11-23)20(24)30-21(19)26-25-14)12-7-8-15(16(10-12)28-2)29-22(27)17-6-4-9-31-17/h4,6-10,18H,3,5,24H2,1-2H3,(H,25,26)/t18-/m1/s1. The molecule has 0 fully saturated rings. The third-order valence-corrected chi connectivity index (χ3v) is 5.81. The van der Waals surface area contributed by atoms with E-state index >= 15 is 0 Å². The number of H-pyrrole nitrogens is 1. The number of aryl methyl sites for hydroxylation is 1. The van der Waals surface area contributed by atoms with Crippen LogP contribution in [-0.4, -0.2) is 23.3 Å². The van der Waals surface area contributed by atoms with Crippen molar-refractivity contribution in [2.24, 2.45) is 5.73 Å². The quantitative estimate of drug-likeness (QED) is 0.444. The molecular weight excluding hydrogens is 416 g/mol. The molecule has 0 amide bonds. The van der Waals surface area contributed by atoms with Gasteiger partial charge in [-0.1, -0.05) is 25.5 Å². The lowest BCUT2D eigenvalue weighted by molar-refractivity contribution is 0.0735. The van der Waals surface area contributed by atoms with Gasteiger partial charge in [-0.3, -0.25) is 5.10 Å². The van der Waals surface area contributed by atoms with E-state index in [-0.39, 0.29) is 17.2 Å². The number of fused-ring (bicyclic) bond motifs is 1. The normalized spacial score (nSPS) is 15.1. The van der Waals surface area contributed by atoms with Crippen LogP contribution in [0.4, 0.5) is 0 Å². The zero-order chi connectivity index (χ0) is 22.0. The van der Waals surface area contributed by atoms with Gasteiger partial charge in [0.15, 0.2) is 11.5 Å². The van der Waals surface area contributed by atoms with Gasteiger partial charge in [-0.05, 0) is 35.6 Å². The van der Waals surface area contributed by atoms with Crippen LogP contribution in [0.3, 0.4) is 0 Å². The fourth-order valence-corrected chi connectivity index (χ4v) is 4.17. The van der Waals surface area contributed by atoms with Crippen LogP contribution < -0.4 is 19.9 Å². The molecule has 0 saturated heterocycles. The molecule has 0 saturated carbocycles. The second kappa shape index (κ2) is 8.53. The summed E-state index contributed by atoms with van der Waals surface area (Å²) in [6.45, 7) is 2.06. The molecule has 0 spiro atoms. The lowest BCUT2D eigenvalue weighted by atomic mass is 9.83. The summed E-state index contributed by atoms with van der Waals surface area (Å²) >= 11 is 1.30. The van der Waals surface area contributed by atoms with E-state index in [9.17, 15) is 10.1 Å². The van der Waals surface area contributed by atoms with Crippen LogP contribution in [-0.2, 0) is 6.42 Å². The number of nitrogens with two attached hydrogens (primary N) is 1. The molecule has 4 rings (SSSR count). The Hall–Kier alpha value is -3.77. The fourth-order valence-electron chi connectivity index (χ4n) is 3.58. The predicted molar refractivity (Wildman–Crippen MR) is 114 cm³/mol. The summed E-state index contributed by atoms with van der Waals surface area (Å²) in [5.74, 6) is 0.0837. The van der Waals surface area contributed by atoms with Gasteiger partial charge in [-0.15, -0.1) is 16.4 Å². The average molecular weight is 436 g/mol. The third-order valence-electron chi connectivity index (χ3n) is 4.96. The maximum atomic E-state index is 12.4. The number of nitrogens with zero attached hydrogens (tertiary/aromatic N) is 2. The molecule has 0 radical (unpaired) electrons. The number of benzene rings is 1.